The van der Waals surface area contributed by atoms with Crippen LogP contribution in [0.4, 0.5) is 14.5 Å². The molecule has 6 heteroatoms. The minimum Gasteiger partial charge on any atom is -0.434 e. The number of carbonyl (C=O) groups excluding carboxylic acids is 1. The fourth-order valence-electron chi connectivity index (χ4n) is 1.72. The molecule has 3 nitrogen and oxygen atoms in total. The molecule has 0 aromatic heterocycles. The summed E-state index contributed by atoms with van der Waals surface area (Å²) in [7, 11) is 0. The summed E-state index contributed by atoms with van der Waals surface area (Å²) in [5.74, 6) is -0.365. The van der Waals surface area contributed by atoms with Gasteiger partial charge in [0, 0.05) is 21.8 Å². The Labute approximate surface area is 134 Å². The zero-order valence-electron chi connectivity index (χ0n) is 11.3. The van der Waals surface area contributed by atoms with Gasteiger partial charge in [0.2, 0.25) is 5.91 Å². The lowest BCUT2D eigenvalue weighted by Crippen LogP contribution is -2.07. The molecule has 0 fully saturated rings. The van der Waals surface area contributed by atoms with Gasteiger partial charge in [-0.2, -0.15) is 8.78 Å². The van der Waals surface area contributed by atoms with Crippen molar-refractivity contribution in [3.63, 3.8) is 0 Å². The highest BCUT2D eigenvalue weighted by Crippen LogP contribution is 2.26. The van der Waals surface area contributed by atoms with Crippen LogP contribution < -0.4 is 10.1 Å². The zero-order valence-corrected chi connectivity index (χ0v) is 12.9. The molecule has 0 aliphatic carbocycles. The van der Waals surface area contributed by atoms with Gasteiger partial charge in [-0.15, -0.1) is 0 Å². The van der Waals surface area contributed by atoms with Crippen LogP contribution in [0.25, 0.3) is 6.08 Å². The van der Waals surface area contributed by atoms with Crippen molar-refractivity contribution in [2.45, 2.75) is 6.61 Å². The van der Waals surface area contributed by atoms with Crippen LogP contribution >= 0.6 is 15.9 Å². The Balaban J connectivity index is 2.11. The van der Waals surface area contributed by atoms with Gasteiger partial charge in [0.15, 0.2) is 0 Å². The molecule has 22 heavy (non-hydrogen) atoms. The summed E-state index contributed by atoms with van der Waals surface area (Å²) in [5.41, 5.74) is 1.02. The van der Waals surface area contributed by atoms with Crippen molar-refractivity contribution in [1.29, 1.82) is 0 Å². The second kappa shape index (κ2) is 7.70. The van der Waals surface area contributed by atoms with Crippen LogP contribution in [-0.4, -0.2) is 12.5 Å². The topological polar surface area (TPSA) is 38.3 Å². The molecule has 0 heterocycles. The Morgan fingerprint density at radius 1 is 1.18 bits per heavy atom. The quantitative estimate of drug-likeness (QED) is 0.777. The van der Waals surface area contributed by atoms with E-state index in [1.807, 2.05) is 6.07 Å². The van der Waals surface area contributed by atoms with Gasteiger partial charge in [-0.3, -0.25) is 4.79 Å². The van der Waals surface area contributed by atoms with Gasteiger partial charge < -0.3 is 10.1 Å². The maximum absolute atomic E-state index is 12.4. The van der Waals surface area contributed by atoms with Crippen molar-refractivity contribution in [3.05, 3.63) is 64.6 Å². The van der Waals surface area contributed by atoms with Crippen LogP contribution in [0.3, 0.4) is 0 Å². The van der Waals surface area contributed by atoms with Gasteiger partial charge in [-0.05, 0) is 36.4 Å². The molecule has 0 saturated carbocycles. The number of hydrogen-bond donors (Lipinski definition) is 1. The first-order chi connectivity index (χ1) is 10.5. The summed E-state index contributed by atoms with van der Waals surface area (Å²) in [4.78, 5) is 11.8. The number of ether oxygens (including phenoxy) is 1. The van der Waals surface area contributed by atoms with E-state index in [9.17, 15) is 13.6 Å². The summed E-state index contributed by atoms with van der Waals surface area (Å²) in [6.45, 7) is -2.92. The zero-order chi connectivity index (χ0) is 15.9. The van der Waals surface area contributed by atoms with Crippen molar-refractivity contribution in [2.75, 3.05) is 5.32 Å². The number of hydrogen-bond acceptors (Lipinski definition) is 2. The van der Waals surface area contributed by atoms with Crippen molar-refractivity contribution >= 4 is 33.6 Å². The van der Waals surface area contributed by atoms with Crippen LogP contribution in [0.1, 0.15) is 5.56 Å². The van der Waals surface area contributed by atoms with Gasteiger partial charge in [-0.25, -0.2) is 0 Å². The highest BCUT2D eigenvalue weighted by atomic mass is 79.9. The highest BCUT2D eigenvalue weighted by molar-refractivity contribution is 9.10. The summed E-state index contributed by atoms with van der Waals surface area (Å²) in [6, 6.07) is 13.5. The molecular weight excluding hydrogens is 356 g/mol. The van der Waals surface area contributed by atoms with Crippen molar-refractivity contribution in [2.24, 2.45) is 0 Å². The Kier molecular flexibility index (Phi) is 5.66. The molecule has 114 valence electrons. The maximum atomic E-state index is 12.4. The lowest BCUT2D eigenvalue weighted by molar-refractivity contribution is -0.111. The van der Waals surface area contributed by atoms with Crippen LogP contribution in [-0.2, 0) is 4.79 Å². The number of benzene rings is 2. The van der Waals surface area contributed by atoms with E-state index in [1.165, 1.54) is 18.2 Å². The molecule has 0 bridgehead atoms. The van der Waals surface area contributed by atoms with Crippen LogP contribution in [0.15, 0.2) is 59.1 Å². The summed E-state index contributed by atoms with van der Waals surface area (Å²) in [5, 5.41) is 2.66. The van der Waals surface area contributed by atoms with Crippen molar-refractivity contribution in [3.8, 4) is 5.75 Å². The molecule has 0 radical (unpaired) electrons. The lowest BCUT2D eigenvalue weighted by atomic mass is 10.2. The predicted octanol–water partition coefficient (Wildman–Crippen LogP) is 4.70. The van der Waals surface area contributed by atoms with Crippen LogP contribution in [0.5, 0.6) is 5.75 Å². The van der Waals surface area contributed by atoms with E-state index in [4.69, 9.17) is 0 Å². The van der Waals surface area contributed by atoms with E-state index in [1.54, 1.807) is 36.4 Å². The standard InChI is InChI=1S/C16H12BrF2NO2/c17-12-7-8-14(22-16(18)19)11(10-12)6-9-15(21)20-13-4-2-1-3-5-13/h1-10,16H,(H,20,21)/b9-6+. The van der Waals surface area contributed by atoms with Gasteiger partial charge in [-0.1, -0.05) is 34.1 Å². The molecular formula is C16H12BrF2NO2. The SMILES string of the molecule is O=C(/C=C/c1cc(Br)ccc1OC(F)F)Nc1ccccc1. The average molecular weight is 368 g/mol. The number of nitrogens with one attached hydrogen (secondary N) is 1. The molecule has 2 aromatic rings. The molecule has 0 aliphatic heterocycles. The number of carbonyl (C=O) groups is 1. The van der Waals surface area contributed by atoms with Crippen LogP contribution in [0.2, 0.25) is 0 Å². The fourth-order valence-corrected chi connectivity index (χ4v) is 2.10. The molecule has 0 unspecified atom stereocenters. The van der Waals surface area contributed by atoms with Gasteiger partial charge in [0.05, 0.1) is 0 Å². The second-order valence-corrected chi connectivity index (χ2v) is 5.16. The number of halogens is 3. The lowest BCUT2D eigenvalue weighted by Gasteiger charge is -2.08. The second-order valence-electron chi connectivity index (χ2n) is 4.25. The smallest absolute Gasteiger partial charge is 0.387 e. The third-order valence-electron chi connectivity index (χ3n) is 2.64. The Morgan fingerprint density at radius 2 is 1.91 bits per heavy atom. The molecule has 0 spiro atoms. The number of anilines is 1. The van der Waals surface area contributed by atoms with Crippen molar-refractivity contribution in [1.82, 2.24) is 0 Å². The molecule has 0 aliphatic rings. The third-order valence-corrected chi connectivity index (χ3v) is 3.14. The molecule has 2 aromatic carbocycles. The van der Waals surface area contributed by atoms with Crippen LogP contribution in [0, 0.1) is 0 Å². The molecule has 0 atom stereocenters. The Morgan fingerprint density at radius 3 is 2.59 bits per heavy atom. The van der Waals surface area contributed by atoms with E-state index in [-0.39, 0.29) is 11.7 Å². The van der Waals surface area contributed by atoms with E-state index in [2.05, 4.69) is 26.0 Å². The first kappa shape index (κ1) is 16.2. The molecule has 2 rings (SSSR count). The first-order valence-corrected chi connectivity index (χ1v) is 7.12. The van der Waals surface area contributed by atoms with Gasteiger partial charge in [0.1, 0.15) is 5.75 Å². The summed E-state index contributed by atoms with van der Waals surface area (Å²) in [6.07, 6.45) is 2.67. The van der Waals surface area contributed by atoms with Gasteiger partial charge >= 0.3 is 6.61 Å². The Hall–Kier alpha value is -2.21. The Bertz CT molecular complexity index is 675. The third kappa shape index (κ3) is 4.96. The predicted molar refractivity (Wildman–Crippen MR) is 84.9 cm³/mol. The number of para-hydroxylation sites is 1. The number of alkyl halides is 2. The molecule has 0 saturated heterocycles. The van der Waals surface area contributed by atoms with E-state index in [0.29, 0.717) is 15.7 Å². The normalized spacial score (nSPS) is 10.9. The first-order valence-electron chi connectivity index (χ1n) is 6.33. The average Bonchev–Trinajstić information content (AvgIpc) is 2.48. The highest BCUT2D eigenvalue weighted by Gasteiger charge is 2.08. The van der Waals surface area contributed by atoms with E-state index >= 15 is 0 Å². The van der Waals surface area contributed by atoms with E-state index < -0.39 is 6.61 Å². The summed E-state index contributed by atoms with van der Waals surface area (Å²) < 4.78 is 29.8. The maximum Gasteiger partial charge on any atom is 0.387 e. The minimum absolute atomic E-state index is 0.00182. The minimum atomic E-state index is -2.92. The van der Waals surface area contributed by atoms with E-state index in [0.717, 1.165) is 0 Å². The fraction of sp³-hybridized carbons (Fsp3) is 0.0625. The molecule has 1 amide bonds. The monoisotopic (exact) mass is 367 g/mol. The molecule has 1 N–H and O–H groups in total. The number of rotatable bonds is 5. The largest absolute Gasteiger partial charge is 0.434 e. The number of amides is 1. The van der Waals surface area contributed by atoms with Gasteiger partial charge in [0.25, 0.3) is 0 Å². The van der Waals surface area contributed by atoms with Crippen molar-refractivity contribution < 1.29 is 18.3 Å². The summed E-state index contributed by atoms with van der Waals surface area (Å²) >= 11 is 3.25.